The van der Waals surface area contributed by atoms with Crippen LogP contribution in [0.25, 0.3) is 11.1 Å². The van der Waals surface area contributed by atoms with Crippen LogP contribution in [0.4, 0.5) is 5.69 Å². The number of benzene rings is 2. The molecule has 3 rings (SSSR count). The van der Waals surface area contributed by atoms with E-state index in [1.54, 1.807) is 0 Å². The maximum atomic E-state index is 5.94. The fraction of sp³-hybridized carbons (Fsp3) is 0.250. The molecule has 2 N–H and O–H groups in total. The Labute approximate surface area is 113 Å². The van der Waals surface area contributed by atoms with Crippen LogP contribution in [0.2, 0.25) is 5.02 Å². The fourth-order valence-electron chi connectivity index (χ4n) is 2.41. The molecule has 0 radical (unpaired) electrons. The van der Waals surface area contributed by atoms with Gasteiger partial charge in [-0.1, -0.05) is 48.4 Å². The van der Waals surface area contributed by atoms with Gasteiger partial charge in [0.2, 0.25) is 0 Å². The number of hydrogen-bond acceptors (Lipinski definition) is 1. The lowest BCUT2D eigenvalue weighted by molar-refractivity contribution is 0.420. The van der Waals surface area contributed by atoms with Crippen molar-refractivity contribution in [3.05, 3.63) is 53.1 Å². The quantitative estimate of drug-likeness (QED) is 0.764. The van der Waals surface area contributed by atoms with Gasteiger partial charge in [0.15, 0.2) is 0 Å². The second kappa shape index (κ2) is 4.66. The van der Waals surface area contributed by atoms with Gasteiger partial charge in [0.1, 0.15) is 0 Å². The summed E-state index contributed by atoms with van der Waals surface area (Å²) in [6.45, 7) is 0. The van der Waals surface area contributed by atoms with Gasteiger partial charge in [-0.05, 0) is 47.6 Å². The van der Waals surface area contributed by atoms with Crippen molar-refractivity contribution in [3.8, 4) is 11.1 Å². The summed E-state index contributed by atoms with van der Waals surface area (Å²) in [5.74, 6) is 0.786. The van der Waals surface area contributed by atoms with Crippen molar-refractivity contribution in [3.63, 3.8) is 0 Å². The topological polar surface area (TPSA) is 26.0 Å². The molecule has 1 saturated carbocycles. The first kappa shape index (κ1) is 11.6. The van der Waals surface area contributed by atoms with E-state index in [1.807, 2.05) is 18.2 Å². The van der Waals surface area contributed by atoms with Crippen LogP contribution < -0.4 is 5.73 Å². The minimum atomic E-state index is 0.616. The third-order valence-electron chi connectivity index (χ3n) is 3.82. The zero-order chi connectivity index (χ0) is 12.5. The van der Waals surface area contributed by atoms with Gasteiger partial charge >= 0.3 is 0 Å². The lowest BCUT2D eigenvalue weighted by atomic mass is 9.80. The van der Waals surface area contributed by atoms with Crippen molar-refractivity contribution in [2.24, 2.45) is 0 Å². The van der Waals surface area contributed by atoms with Crippen molar-refractivity contribution in [1.82, 2.24) is 0 Å². The normalized spacial score (nSPS) is 15.4. The molecular formula is C16H16ClN. The molecule has 1 fully saturated rings. The maximum Gasteiger partial charge on any atom is 0.0635 e. The number of nitrogen functional groups attached to an aromatic ring is 1. The molecule has 18 heavy (non-hydrogen) atoms. The van der Waals surface area contributed by atoms with E-state index in [0.29, 0.717) is 10.7 Å². The maximum absolute atomic E-state index is 5.94. The molecule has 0 unspecified atom stereocenters. The van der Waals surface area contributed by atoms with Crippen molar-refractivity contribution in [2.75, 3.05) is 5.73 Å². The molecule has 0 spiro atoms. The zero-order valence-electron chi connectivity index (χ0n) is 10.2. The Hall–Kier alpha value is -1.47. The molecule has 2 aromatic rings. The van der Waals surface area contributed by atoms with Gasteiger partial charge in [-0.25, -0.2) is 0 Å². The van der Waals surface area contributed by atoms with E-state index in [-0.39, 0.29) is 0 Å². The summed E-state index contributed by atoms with van der Waals surface area (Å²) in [5, 5.41) is 0.616. The first-order chi connectivity index (χ1) is 8.74. The van der Waals surface area contributed by atoms with Crippen LogP contribution in [0.3, 0.4) is 0 Å². The van der Waals surface area contributed by atoms with Crippen LogP contribution >= 0.6 is 11.6 Å². The number of hydrogen-bond donors (Lipinski definition) is 1. The Morgan fingerprint density at radius 2 is 1.61 bits per heavy atom. The van der Waals surface area contributed by atoms with E-state index in [1.165, 1.54) is 30.4 Å². The molecule has 0 aliphatic heterocycles. The summed E-state index contributed by atoms with van der Waals surface area (Å²) in [6, 6.07) is 14.6. The van der Waals surface area contributed by atoms with Gasteiger partial charge in [0, 0.05) is 0 Å². The van der Waals surface area contributed by atoms with Crippen LogP contribution in [0.15, 0.2) is 42.5 Å². The van der Waals surface area contributed by atoms with Crippen LogP contribution in [0, 0.1) is 0 Å². The number of rotatable bonds is 2. The first-order valence-corrected chi connectivity index (χ1v) is 6.77. The fourth-order valence-corrected chi connectivity index (χ4v) is 2.53. The summed E-state index contributed by atoms with van der Waals surface area (Å²) in [6.07, 6.45) is 4.06. The summed E-state index contributed by atoms with van der Waals surface area (Å²) in [5.41, 5.74) is 10.3. The van der Waals surface area contributed by atoms with Crippen LogP contribution in [-0.4, -0.2) is 0 Å². The van der Waals surface area contributed by atoms with Gasteiger partial charge in [0.05, 0.1) is 10.7 Å². The van der Waals surface area contributed by atoms with Crippen molar-refractivity contribution < 1.29 is 0 Å². The molecule has 0 bridgehead atoms. The van der Waals surface area contributed by atoms with E-state index in [0.717, 1.165) is 11.5 Å². The summed E-state index contributed by atoms with van der Waals surface area (Å²) in [4.78, 5) is 0. The predicted molar refractivity (Wildman–Crippen MR) is 77.9 cm³/mol. The van der Waals surface area contributed by atoms with Gasteiger partial charge in [-0.3, -0.25) is 0 Å². The Morgan fingerprint density at radius 3 is 2.17 bits per heavy atom. The van der Waals surface area contributed by atoms with Crippen molar-refractivity contribution in [1.29, 1.82) is 0 Å². The molecule has 1 aliphatic carbocycles. The van der Waals surface area contributed by atoms with Crippen LogP contribution in [0.1, 0.15) is 30.7 Å². The number of nitrogens with two attached hydrogens (primary N) is 1. The van der Waals surface area contributed by atoms with Gasteiger partial charge in [-0.15, -0.1) is 0 Å². The highest BCUT2D eigenvalue weighted by atomic mass is 35.5. The van der Waals surface area contributed by atoms with E-state index < -0.39 is 0 Å². The van der Waals surface area contributed by atoms with Crippen molar-refractivity contribution in [2.45, 2.75) is 25.2 Å². The summed E-state index contributed by atoms with van der Waals surface area (Å²) >= 11 is 5.94. The van der Waals surface area contributed by atoms with Crippen LogP contribution in [-0.2, 0) is 0 Å². The van der Waals surface area contributed by atoms with Gasteiger partial charge in [-0.2, -0.15) is 0 Å². The number of anilines is 1. The van der Waals surface area contributed by atoms with Gasteiger partial charge < -0.3 is 5.73 Å². The van der Waals surface area contributed by atoms with Crippen LogP contribution in [0.5, 0.6) is 0 Å². The van der Waals surface area contributed by atoms with E-state index in [9.17, 15) is 0 Å². The monoisotopic (exact) mass is 257 g/mol. The highest BCUT2D eigenvalue weighted by Gasteiger charge is 2.18. The predicted octanol–water partition coefficient (Wildman–Crippen LogP) is 4.86. The molecule has 0 heterocycles. The Bertz CT molecular complexity index is 556. The standard InChI is InChI=1S/C16H16ClN/c17-15-9-8-14(10-16(15)18)13-6-4-12(5-7-13)11-2-1-3-11/h4-11H,1-3,18H2. The number of halogens is 1. The van der Waals surface area contributed by atoms with E-state index in [4.69, 9.17) is 17.3 Å². The Balaban J connectivity index is 1.89. The zero-order valence-corrected chi connectivity index (χ0v) is 11.0. The van der Waals surface area contributed by atoms with Crippen molar-refractivity contribution >= 4 is 17.3 Å². The molecule has 0 atom stereocenters. The molecule has 2 aromatic carbocycles. The minimum absolute atomic E-state index is 0.616. The Kier molecular flexibility index (Phi) is 3.00. The average molecular weight is 258 g/mol. The Morgan fingerprint density at radius 1 is 0.944 bits per heavy atom. The molecule has 0 amide bonds. The SMILES string of the molecule is Nc1cc(-c2ccc(C3CCC3)cc2)ccc1Cl. The van der Waals surface area contributed by atoms with Gasteiger partial charge in [0.25, 0.3) is 0 Å². The molecule has 92 valence electrons. The largest absolute Gasteiger partial charge is 0.398 e. The summed E-state index contributed by atoms with van der Waals surface area (Å²) < 4.78 is 0. The minimum Gasteiger partial charge on any atom is -0.398 e. The van der Waals surface area contributed by atoms with E-state index in [2.05, 4.69) is 24.3 Å². The molecule has 1 nitrogen and oxygen atoms in total. The third-order valence-corrected chi connectivity index (χ3v) is 4.16. The molecular weight excluding hydrogens is 242 g/mol. The average Bonchev–Trinajstić information content (AvgIpc) is 2.32. The lowest BCUT2D eigenvalue weighted by Gasteiger charge is -2.25. The molecule has 0 saturated heterocycles. The smallest absolute Gasteiger partial charge is 0.0635 e. The summed E-state index contributed by atoms with van der Waals surface area (Å²) in [7, 11) is 0. The third kappa shape index (κ3) is 2.11. The second-order valence-electron chi connectivity index (χ2n) is 4.99. The highest BCUT2D eigenvalue weighted by molar-refractivity contribution is 6.33. The molecule has 0 aromatic heterocycles. The first-order valence-electron chi connectivity index (χ1n) is 6.39. The highest BCUT2D eigenvalue weighted by Crippen LogP contribution is 2.37. The lowest BCUT2D eigenvalue weighted by Crippen LogP contribution is -2.08. The second-order valence-corrected chi connectivity index (χ2v) is 5.39. The van der Waals surface area contributed by atoms with E-state index >= 15 is 0 Å². The molecule has 1 aliphatic rings. The molecule has 2 heteroatoms.